The predicted molar refractivity (Wildman–Crippen MR) is 80.5 cm³/mol. The Balaban J connectivity index is 2.41. The monoisotopic (exact) mass is 259 g/mol. The molecular formula is C16H21NS. The van der Waals surface area contributed by atoms with Crippen LogP contribution in [0.3, 0.4) is 0 Å². The standard InChI is InChI=1S/C16H21NS/c1-5-13-8-9-15(18-13)16(17-4)14-10-11(2)6-7-12(14)3/h6-10,16-17H,5H2,1-4H3. The van der Waals surface area contributed by atoms with E-state index in [1.807, 2.05) is 18.4 Å². The van der Waals surface area contributed by atoms with E-state index in [1.165, 1.54) is 26.4 Å². The van der Waals surface area contributed by atoms with Crippen LogP contribution in [-0.2, 0) is 6.42 Å². The molecule has 1 aromatic carbocycles. The van der Waals surface area contributed by atoms with Gasteiger partial charge in [-0.1, -0.05) is 30.7 Å². The van der Waals surface area contributed by atoms with Gasteiger partial charge in [-0.05, 0) is 50.6 Å². The lowest BCUT2D eigenvalue weighted by atomic mass is 9.98. The fraction of sp³-hybridized carbons (Fsp3) is 0.375. The molecule has 0 bridgehead atoms. The lowest BCUT2D eigenvalue weighted by Gasteiger charge is -2.18. The first kappa shape index (κ1) is 13.3. The predicted octanol–water partition coefficient (Wildman–Crippen LogP) is 4.24. The number of benzene rings is 1. The first-order valence-electron chi connectivity index (χ1n) is 6.48. The van der Waals surface area contributed by atoms with Crippen molar-refractivity contribution in [1.29, 1.82) is 0 Å². The number of thiophene rings is 1. The van der Waals surface area contributed by atoms with Crippen LogP contribution in [0.15, 0.2) is 30.3 Å². The van der Waals surface area contributed by atoms with Crippen molar-refractivity contribution in [1.82, 2.24) is 5.32 Å². The second-order valence-electron chi connectivity index (χ2n) is 4.74. The molecule has 0 saturated carbocycles. The molecule has 0 aliphatic carbocycles. The number of hydrogen-bond acceptors (Lipinski definition) is 2. The average molecular weight is 259 g/mol. The van der Waals surface area contributed by atoms with E-state index in [1.54, 1.807) is 0 Å². The van der Waals surface area contributed by atoms with Gasteiger partial charge >= 0.3 is 0 Å². The van der Waals surface area contributed by atoms with Gasteiger partial charge in [0, 0.05) is 9.75 Å². The van der Waals surface area contributed by atoms with Gasteiger partial charge in [-0.25, -0.2) is 0 Å². The highest BCUT2D eigenvalue weighted by Gasteiger charge is 2.16. The van der Waals surface area contributed by atoms with Crippen LogP contribution in [0.5, 0.6) is 0 Å². The zero-order chi connectivity index (χ0) is 13.1. The zero-order valence-corrected chi connectivity index (χ0v) is 12.4. The Kier molecular flexibility index (Phi) is 4.20. The van der Waals surface area contributed by atoms with E-state index in [4.69, 9.17) is 0 Å². The molecule has 18 heavy (non-hydrogen) atoms. The third-order valence-corrected chi connectivity index (χ3v) is 4.64. The van der Waals surface area contributed by atoms with Crippen molar-refractivity contribution >= 4 is 11.3 Å². The highest BCUT2D eigenvalue weighted by atomic mass is 32.1. The summed E-state index contributed by atoms with van der Waals surface area (Å²) in [5, 5.41) is 3.45. The van der Waals surface area contributed by atoms with Crippen molar-refractivity contribution in [2.75, 3.05) is 7.05 Å². The van der Waals surface area contributed by atoms with Gasteiger partial charge in [-0.2, -0.15) is 0 Å². The SMILES string of the molecule is CCc1ccc(C(NC)c2cc(C)ccc2C)s1. The molecule has 0 fully saturated rings. The van der Waals surface area contributed by atoms with Crippen LogP contribution in [0.2, 0.25) is 0 Å². The summed E-state index contributed by atoms with van der Waals surface area (Å²) in [5.74, 6) is 0. The molecule has 0 radical (unpaired) electrons. The van der Waals surface area contributed by atoms with Crippen molar-refractivity contribution in [3.63, 3.8) is 0 Å². The van der Waals surface area contributed by atoms with E-state index >= 15 is 0 Å². The van der Waals surface area contributed by atoms with E-state index in [0.29, 0.717) is 6.04 Å². The summed E-state index contributed by atoms with van der Waals surface area (Å²) in [4.78, 5) is 2.86. The third kappa shape index (κ3) is 2.65. The minimum atomic E-state index is 0.315. The first-order chi connectivity index (χ1) is 8.65. The molecule has 2 rings (SSSR count). The van der Waals surface area contributed by atoms with Gasteiger partial charge < -0.3 is 5.32 Å². The Morgan fingerprint density at radius 1 is 1.17 bits per heavy atom. The van der Waals surface area contributed by atoms with Crippen molar-refractivity contribution in [3.8, 4) is 0 Å². The molecule has 1 heterocycles. The molecule has 0 aliphatic rings. The Bertz CT molecular complexity index is 528. The topological polar surface area (TPSA) is 12.0 Å². The van der Waals surface area contributed by atoms with E-state index in [0.717, 1.165) is 6.42 Å². The molecule has 0 spiro atoms. The van der Waals surface area contributed by atoms with Crippen LogP contribution < -0.4 is 5.32 Å². The Labute approximate surface area is 114 Å². The number of hydrogen-bond donors (Lipinski definition) is 1. The van der Waals surface area contributed by atoms with Crippen LogP contribution in [0.25, 0.3) is 0 Å². The van der Waals surface area contributed by atoms with Gasteiger partial charge in [0.15, 0.2) is 0 Å². The van der Waals surface area contributed by atoms with Gasteiger partial charge in [0.25, 0.3) is 0 Å². The molecule has 2 heteroatoms. The molecule has 96 valence electrons. The van der Waals surface area contributed by atoms with Gasteiger partial charge in [0.2, 0.25) is 0 Å². The third-order valence-electron chi connectivity index (χ3n) is 3.35. The van der Waals surface area contributed by atoms with Crippen LogP contribution in [0.4, 0.5) is 0 Å². The molecule has 1 unspecified atom stereocenters. The van der Waals surface area contributed by atoms with Gasteiger partial charge in [0.1, 0.15) is 0 Å². The summed E-state index contributed by atoms with van der Waals surface area (Å²) in [7, 11) is 2.04. The Morgan fingerprint density at radius 2 is 1.94 bits per heavy atom. The van der Waals surface area contributed by atoms with Gasteiger partial charge in [0.05, 0.1) is 6.04 Å². The summed E-state index contributed by atoms with van der Waals surface area (Å²) in [6.45, 7) is 6.55. The highest BCUT2D eigenvalue weighted by Crippen LogP contribution is 2.30. The maximum absolute atomic E-state index is 3.45. The van der Waals surface area contributed by atoms with E-state index in [2.05, 4.69) is 56.4 Å². The summed E-state index contributed by atoms with van der Waals surface area (Å²) < 4.78 is 0. The Morgan fingerprint density at radius 3 is 2.56 bits per heavy atom. The quantitative estimate of drug-likeness (QED) is 0.866. The fourth-order valence-corrected chi connectivity index (χ4v) is 3.34. The van der Waals surface area contributed by atoms with Gasteiger partial charge in [-0.3, -0.25) is 0 Å². The molecule has 0 amide bonds. The minimum absolute atomic E-state index is 0.315. The number of rotatable bonds is 4. The highest BCUT2D eigenvalue weighted by molar-refractivity contribution is 7.12. The minimum Gasteiger partial charge on any atom is -0.309 e. The smallest absolute Gasteiger partial charge is 0.0671 e. The van der Waals surface area contributed by atoms with Gasteiger partial charge in [-0.15, -0.1) is 11.3 Å². The molecular weight excluding hydrogens is 238 g/mol. The van der Waals surface area contributed by atoms with Crippen molar-refractivity contribution in [2.24, 2.45) is 0 Å². The molecule has 0 aliphatic heterocycles. The van der Waals surface area contributed by atoms with E-state index < -0.39 is 0 Å². The summed E-state index contributed by atoms with van der Waals surface area (Å²) in [6.07, 6.45) is 1.12. The number of nitrogens with one attached hydrogen (secondary N) is 1. The molecule has 1 N–H and O–H groups in total. The van der Waals surface area contributed by atoms with Crippen molar-refractivity contribution in [3.05, 3.63) is 56.8 Å². The lowest BCUT2D eigenvalue weighted by molar-refractivity contribution is 0.699. The van der Waals surface area contributed by atoms with Crippen LogP contribution >= 0.6 is 11.3 Å². The second kappa shape index (κ2) is 5.68. The van der Waals surface area contributed by atoms with E-state index in [-0.39, 0.29) is 0 Å². The number of aryl methyl sites for hydroxylation is 3. The van der Waals surface area contributed by atoms with E-state index in [9.17, 15) is 0 Å². The summed E-state index contributed by atoms with van der Waals surface area (Å²) in [5.41, 5.74) is 4.07. The van der Waals surface area contributed by atoms with Crippen molar-refractivity contribution in [2.45, 2.75) is 33.2 Å². The average Bonchev–Trinajstić information content (AvgIpc) is 2.83. The zero-order valence-electron chi connectivity index (χ0n) is 11.6. The maximum Gasteiger partial charge on any atom is 0.0671 e. The van der Waals surface area contributed by atoms with Crippen molar-refractivity contribution < 1.29 is 0 Å². The molecule has 0 saturated heterocycles. The lowest BCUT2D eigenvalue weighted by Crippen LogP contribution is -2.17. The molecule has 2 aromatic rings. The first-order valence-corrected chi connectivity index (χ1v) is 7.30. The van der Waals surface area contributed by atoms with Crippen LogP contribution in [-0.4, -0.2) is 7.05 Å². The fourth-order valence-electron chi connectivity index (χ4n) is 2.26. The molecule has 1 nitrogen and oxygen atoms in total. The molecule has 1 aromatic heterocycles. The second-order valence-corrected chi connectivity index (χ2v) is 5.94. The Hall–Kier alpha value is -1.12. The van der Waals surface area contributed by atoms with Crippen LogP contribution in [0.1, 0.15) is 39.4 Å². The summed E-state index contributed by atoms with van der Waals surface area (Å²) >= 11 is 1.91. The largest absolute Gasteiger partial charge is 0.309 e. The maximum atomic E-state index is 3.45. The molecule has 1 atom stereocenters. The van der Waals surface area contributed by atoms with Crippen LogP contribution in [0, 0.1) is 13.8 Å². The normalized spacial score (nSPS) is 12.7. The summed E-state index contributed by atoms with van der Waals surface area (Å²) in [6, 6.07) is 11.5.